The van der Waals surface area contributed by atoms with Gasteiger partial charge in [0.2, 0.25) is 0 Å². The van der Waals surface area contributed by atoms with Crippen LogP contribution < -0.4 is 11.1 Å². The summed E-state index contributed by atoms with van der Waals surface area (Å²) in [6.07, 6.45) is 0.900. The van der Waals surface area contributed by atoms with Crippen LogP contribution in [0.2, 0.25) is 0 Å². The fourth-order valence-electron chi connectivity index (χ4n) is 1.89. The van der Waals surface area contributed by atoms with Crippen molar-refractivity contribution in [2.45, 2.75) is 33.2 Å². The second kappa shape index (κ2) is 4.61. The van der Waals surface area contributed by atoms with E-state index in [1.165, 1.54) is 11.3 Å². The van der Waals surface area contributed by atoms with E-state index in [2.05, 4.69) is 10.4 Å². The van der Waals surface area contributed by atoms with E-state index in [4.69, 9.17) is 5.73 Å². The summed E-state index contributed by atoms with van der Waals surface area (Å²) in [6, 6.07) is 0.154. The summed E-state index contributed by atoms with van der Waals surface area (Å²) in [5.41, 5.74) is 7.48. The number of aryl methyl sites for hydroxylation is 2. The van der Waals surface area contributed by atoms with Crippen LogP contribution in [0.25, 0.3) is 10.2 Å². The minimum Gasteiger partial charge on any atom is -0.397 e. The average Bonchev–Trinajstić information content (AvgIpc) is 2.79. The van der Waals surface area contributed by atoms with Crippen LogP contribution in [0.15, 0.2) is 0 Å². The van der Waals surface area contributed by atoms with Gasteiger partial charge in [0, 0.05) is 13.1 Å². The molecule has 0 fully saturated rings. The molecule has 1 atom stereocenters. The van der Waals surface area contributed by atoms with Crippen LogP contribution in [-0.4, -0.2) is 21.7 Å². The second-order valence-electron chi connectivity index (χ2n) is 4.52. The number of nitrogen functional groups attached to an aromatic ring is 1. The van der Waals surface area contributed by atoms with Gasteiger partial charge in [-0.3, -0.25) is 9.48 Å². The van der Waals surface area contributed by atoms with Gasteiger partial charge in [-0.25, -0.2) is 0 Å². The SMILES string of the molecule is CCC(C)NC(=O)c1sc2c(c(C)nn2C)c1N. The van der Waals surface area contributed by atoms with E-state index in [-0.39, 0.29) is 11.9 Å². The molecule has 98 valence electrons. The number of aromatic nitrogens is 2. The van der Waals surface area contributed by atoms with Crippen LogP contribution in [0.5, 0.6) is 0 Å². The summed E-state index contributed by atoms with van der Waals surface area (Å²) in [7, 11) is 1.86. The molecule has 2 aromatic rings. The van der Waals surface area contributed by atoms with Gasteiger partial charge in [-0.15, -0.1) is 11.3 Å². The maximum Gasteiger partial charge on any atom is 0.263 e. The molecular weight excluding hydrogens is 248 g/mol. The third-order valence-electron chi connectivity index (χ3n) is 3.08. The predicted molar refractivity (Wildman–Crippen MR) is 75.0 cm³/mol. The standard InChI is InChI=1S/C12H18N4OS/c1-5-6(2)14-11(17)10-9(13)8-7(3)15-16(4)12(8)18-10/h6H,5,13H2,1-4H3,(H,14,17). The van der Waals surface area contributed by atoms with Crippen molar-refractivity contribution in [2.75, 3.05) is 5.73 Å². The fourth-order valence-corrected chi connectivity index (χ4v) is 2.98. The first-order chi connectivity index (χ1) is 8.45. The number of nitrogens with one attached hydrogen (secondary N) is 1. The second-order valence-corrected chi connectivity index (χ2v) is 5.52. The van der Waals surface area contributed by atoms with Crippen LogP contribution in [0, 0.1) is 6.92 Å². The summed E-state index contributed by atoms with van der Waals surface area (Å²) < 4.78 is 1.77. The van der Waals surface area contributed by atoms with Crippen LogP contribution >= 0.6 is 11.3 Å². The van der Waals surface area contributed by atoms with Gasteiger partial charge >= 0.3 is 0 Å². The van der Waals surface area contributed by atoms with Crippen LogP contribution in [0.3, 0.4) is 0 Å². The number of carbonyl (C=O) groups is 1. The number of hydrogen-bond acceptors (Lipinski definition) is 4. The van der Waals surface area contributed by atoms with Crippen molar-refractivity contribution >= 4 is 33.1 Å². The van der Waals surface area contributed by atoms with Gasteiger partial charge in [0.25, 0.3) is 5.91 Å². The van der Waals surface area contributed by atoms with Crippen LogP contribution in [0.4, 0.5) is 5.69 Å². The Kier molecular flexibility index (Phi) is 3.30. The number of rotatable bonds is 3. The fraction of sp³-hybridized carbons (Fsp3) is 0.500. The molecule has 2 rings (SSSR count). The third kappa shape index (κ3) is 1.96. The molecule has 0 bridgehead atoms. The Balaban J connectivity index is 2.43. The third-order valence-corrected chi connectivity index (χ3v) is 4.35. The summed E-state index contributed by atoms with van der Waals surface area (Å²) in [6.45, 7) is 5.92. The number of nitrogens with zero attached hydrogens (tertiary/aromatic N) is 2. The molecule has 1 unspecified atom stereocenters. The minimum absolute atomic E-state index is 0.0950. The van der Waals surface area contributed by atoms with Crippen LogP contribution in [-0.2, 0) is 7.05 Å². The molecule has 6 heteroatoms. The highest BCUT2D eigenvalue weighted by molar-refractivity contribution is 7.21. The zero-order chi connectivity index (χ0) is 13.4. The molecule has 18 heavy (non-hydrogen) atoms. The molecule has 2 aromatic heterocycles. The zero-order valence-electron chi connectivity index (χ0n) is 11.1. The molecule has 0 saturated carbocycles. The number of thiophene rings is 1. The highest BCUT2D eigenvalue weighted by Gasteiger charge is 2.21. The largest absolute Gasteiger partial charge is 0.397 e. The van der Waals surface area contributed by atoms with Crippen molar-refractivity contribution in [1.82, 2.24) is 15.1 Å². The number of hydrogen-bond donors (Lipinski definition) is 2. The summed E-state index contributed by atoms with van der Waals surface area (Å²) in [5.74, 6) is -0.0950. The highest BCUT2D eigenvalue weighted by Crippen LogP contribution is 2.35. The smallest absolute Gasteiger partial charge is 0.263 e. The molecule has 1 amide bonds. The number of carbonyl (C=O) groups excluding carboxylic acids is 1. The molecule has 0 saturated heterocycles. The maximum absolute atomic E-state index is 12.1. The summed E-state index contributed by atoms with van der Waals surface area (Å²) in [4.78, 5) is 13.6. The van der Waals surface area contributed by atoms with E-state index < -0.39 is 0 Å². The van der Waals surface area contributed by atoms with E-state index in [0.29, 0.717) is 10.6 Å². The van der Waals surface area contributed by atoms with E-state index in [1.54, 1.807) is 4.68 Å². The number of amides is 1. The van der Waals surface area contributed by atoms with Gasteiger partial charge < -0.3 is 11.1 Å². The molecule has 0 aliphatic rings. The Morgan fingerprint density at radius 3 is 2.83 bits per heavy atom. The molecule has 5 nitrogen and oxygen atoms in total. The number of anilines is 1. The zero-order valence-corrected chi connectivity index (χ0v) is 11.9. The van der Waals surface area contributed by atoms with Gasteiger partial charge in [0.1, 0.15) is 9.71 Å². The molecular formula is C12H18N4OS. The van der Waals surface area contributed by atoms with Gasteiger partial charge in [-0.05, 0) is 20.3 Å². The van der Waals surface area contributed by atoms with E-state index >= 15 is 0 Å². The quantitative estimate of drug-likeness (QED) is 0.893. The number of fused-ring (bicyclic) bond motifs is 1. The van der Waals surface area contributed by atoms with Crippen molar-refractivity contribution in [2.24, 2.45) is 7.05 Å². The first-order valence-corrected chi connectivity index (χ1v) is 6.79. The lowest BCUT2D eigenvalue weighted by atomic mass is 10.2. The Morgan fingerprint density at radius 1 is 1.61 bits per heavy atom. The van der Waals surface area contributed by atoms with E-state index in [9.17, 15) is 4.79 Å². The van der Waals surface area contributed by atoms with Crippen molar-refractivity contribution in [3.05, 3.63) is 10.6 Å². The minimum atomic E-state index is -0.0950. The topological polar surface area (TPSA) is 72.9 Å². The molecule has 0 aromatic carbocycles. The van der Waals surface area contributed by atoms with Gasteiger partial charge in [-0.2, -0.15) is 5.10 Å². The molecule has 0 aliphatic heterocycles. The summed E-state index contributed by atoms with van der Waals surface area (Å²) >= 11 is 1.40. The van der Waals surface area contributed by atoms with E-state index in [0.717, 1.165) is 22.3 Å². The molecule has 3 N–H and O–H groups in total. The van der Waals surface area contributed by atoms with Crippen molar-refractivity contribution in [1.29, 1.82) is 0 Å². The monoisotopic (exact) mass is 266 g/mol. The lowest BCUT2D eigenvalue weighted by Crippen LogP contribution is -2.31. The Morgan fingerprint density at radius 2 is 2.28 bits per heavy atom. The average molecular weight is 266 g/mol. The number of nitrogens with two attached hydrogens (primary N) is 1. The Hall–Kier alpha value is -1.56. The summed E-state index contributed by atoms with van der Waals surface area (Å²) in [5, 5.41) is 8.14. The maximum atomic E-state index is 12.1. The normalized spacial score (nSPS) is 12.9. The Bertz CT molecular complexity index is 599. The molecule has 0 spiro atoms. The highest BCUT2D eigenvalue weighted by atomic mass is 32.1. The molecule has 2 heterocycles. The van der Waals surface area contributed by atoms with Crippen molar-refractivity contribution in [3.63, 3.8) is 0 Å². The Labute approximate surface area is 110 Å². The lowest BCUT2D eigenvalue weighted by Gasteiger charge is -2.10. The molecule has 0 radical (unpaired) electrons. The van der Waals surface area contributed by atoms with Crippen molar-refractivity contribution < 1.29 is 4.79 Å². The van der Waals surface area contributed by atoms with Crippen LogP contribution in [0.1, 0.15) is 35.6 Å². The van der Waals surface area contributed by atoms with E-state index in [1.807, 2.05) is 27.8 Å². The molecule has 0 aliphatic carbocycles. The predicted octanol–water partition coefficient (Wildman–Crippen LogP) is 2.05. The lowest BCUT2D eigenvalue weighted by molar-refractivity contribution is 0.0944. The van der Waals surface area contributed by atoms with Gasteiger partial charge in [0.05, 0.1) is 16.8 Å². The van der Waals surface area contributed by atoms with Gasteiger partial charge in [0.15, 0.2) is 0 Å². The van der Waals surface area contributed by atoms with Crippen molar-refractivity contribution in [3.8, 4) is 0 Å². The first-order valence-electron chi connectivity index (χ1n) is 5.98. The first kappa shape index (κ1) is 12.9. The van der Waals surface area contributed by atoms with Gasteiger partial charge in [-0.1, -0.05) is 6.92 Å².